The number of hydrogen-bond acceptors (Lipinski definition) is 5. The Hall–Kier alpha value is -2.33. The number of halogens is 2. The first kappa shape index (κ1) is 21.9. The lowest BCUT2D eigenvalue weighted by atomic mass is 10.2. The lowest BCUT2D eigenvalue weighted by Gasteiger charge is -2.33. The summed E-state index contributed by atoms with van der Waals surface area (Å²) >= 11 is 7.23. The van der Waals surface area contributed by atoms with Crippen LogP contribution in [0.5, 0.6) is 0 Å². The van der Waals surface area contributed by atoms with E-state index >= 15 is 0 Å². The van der Waals surface area contributed by atoms with Gasteiger partial charge in [-0.3, -0.25) is 4.79 Å². The number of benzene rings is 2. The van der Waals surface area contributed by atoms with Crippen molar-refractivity contribution in [2.24, 2.45) is 0 Å². The molecule has 0 spiro atoms. The molecule has 1 aliphatic rings. The maximum atomic E-state index is 14.0. The van der Waals surface area contributed by atoms with Crippen LogP contribution in [-0.4, -0.2) is 54.7 Å². The monoisotopic (exact) mass is 479 g/mol. The molecule has 31 heavy (non-hydrogen) atoms. The number of nitrogens with zero attached hydrogens (tertiary/aromatic N) is 3. The van der Waals surface area contributed by atoms with E-state index in [1.165, 1.54) is 33.8 Å². The molecule has 1 fully saturated rings. The fourth-order valence-electron chi connectivity index (χ4n) is 3.38. The number of amides is 1. The van der Waals surface area contributed by atoms with Crippen molar-refractivity contribution in [2.75, 3.05) is 26.2 Å². The molecule has 0 saturated carbocycles. The first-order chi connectivity index (χ1) is 14.8. The van der Waals surface area contributed by atoms with Crippen LogP contribution in [-0.2, 0) is 10.0 Å². The number of aryl methyl sites for hydroxylation is 1. The number of carbonyl (C=O) groups is 1. The number of carbonyl (C=O) groups excluding carboxylic acids is 1. The van der Waals surface area contributed by atoms with Gasteiger partial charge in [0.25, 0.3) is 5.91 Å². The number of piperazine rings is 1. The lowest BCUT2D eigenvalue weighted by molar-refractivity contribution is 0.0701. The highest BCUT2D eigenvalue weighted by Gasteiger charge is 2.33. The van der Waals surface area contributed by atoms with E-state index in [9.17, 15) is 17.6 Å². The van der Waals surface area contributed by atoms with Gasteiger partial charge < -0.3 is 4.90 Å². The molecule has 10 heteroatoms. The summed E-state index contributed by atoms with van der Waals surface area (Å²) in [5.41, 5.74) is 1.50. The van der Waals surface area contributed by atoms with Crippen LogP contribution in [0.1, 0.15) is 15.4 Å². The maximum Gasteiger partial charge on any atom is 0.265 e. The Morgan fingerprint density at radius 2 is 1.71 bits per heavy atom. The molecule has 6 nitrogen and oxygen atoms in total. The van der Waals surface area contributed by atoms with Crippen LogP contribution in [0.25, 0.3) is 10.6 Å². The van der Waals surface area contributed by atoms with Crippen LogP contribution in [0, 0.1) is 12.7 Å². The number of rotatable bonds is 4. The summed E-state index contributed by atoms with van der Waals surface area (Å²) in [6.45, 7) is 2.43. The Morgan fingerprint density at radius 3 is 2.35 bits per heavy atom. The summed E-state index contributed by atoms with van der Waals surface area (Å²) in [5.74, 6) is -0.964. The first-order valence-electron chi connectivity index (χ1n) is 9.54. The fourth-order valence-corrected chi connectivity index (χ4v) is 6.03. The number of hydrogen-bond donors (Lipinski definition) is 0. The van der Waals surface area contributed by atoms with E-state index < -0.39 is 15.8 Å². The van der Waals surface area contributed by atoms with Gasteiger partial charge in [0.1, 0.15) is 20.6 Å². The van der Waals surface area contributed by atoms with Gasteiger partial charge in [0.05, 0.1) is 5.69 Å². The molecule has 2 aromatic carbocycles. The van der Waals surface area contributed by atoms with Crippen LogP contribution in [0.4, 0.5) is 4.39 Å². The third-order valence-corrected chi connectivity index (χ3v) is 8.44. The van der Waals surface area contributed by atoms with E-state index in [2.05, 4.69) is 4.98 Å². The second kappa shape index (κ2) is 8.66. The number of thiazole rings is 1. The van der Waals surface area contributed by atoms with Gasteiger partial charge in [0.15, 0.2) is 0 Å². The van der Waals surface area contributed by atoms with E-state index in [1.807, 2.05) is 12.1 Å². The van der Waals surface area contributed by atoms with Crippen molar-refractivity contribution < 1.29 is 17.6 Å². The van der Waals surface area contributed by atoms with E-state index in [4.69, 9.17) is 11.6 Å². The molecule has 3 aromatic rings. The number of aromatic nitrogens is 1. The molecule has 4 rings (SSSR count). The predicted octanol–water partition coefficient (Wildman–Crippen LogP) is 4.06. The number of sulfonamides is 1. The fraction of sp³-hybridized carbons (Fsp3) is 0.238. The zero-order valence-corrected chi connectivity index (χ0v) is 19.0. The molecule has 0 unspecified atom stereocenters. The normalized spacial score (nSPS) is 15.3. The van der Waals surface area contributed by atoms with Crippen LogP contribution in [0.3, 0.4) is 0 Å². The van der Waals surface area contributed by atoms with Crippen molar-refractivity contribution in [2.45, 2.75) is 11.8 Å². The van der Waals surface area contributed by atoms with Gasteiger partial charge in [-0.05, 0) is 31.2 Å². The van der Waals surface area contributed by atoms with Gasteiger partial charge in [-0.25, -0.2) is 17.8 Å². The molecular weight excluding hydrogens is 461 g/mol. The SMILES string of the molecule is Cc1nc(-c2ccc(Cl)cc2)sc1C(=O)N1CCN(S(=O)(=O)c2ccccc2F)CC1. The van der Waals surface area contributed by atoms with Crippen molar-refractivity contribution in [3.8, 4) is 10.6 Å². The van der Waals surface area contributed by atoms with Crippen molar-refractivity contribution >= 4 is 38.9 Å². The minimum Gasteiger partial charge on any atom is -0.335 e. The molecule has 1 aliphatic heterocycles. The Balaban J connectivity index is 1.48. The highest BCUT2D eigenvalue weighted by atomic mass is 35.5. The third kappa shape index (κ3) is 4.36. The maximum absolute atomic E-state index is 14.0. The smallest absolute Gasteiger partial charge is 0.265 e. The Morgan fingerprint density at radius 1 is 1.06 bits per heavy atom. The molecule has 162 valence electrons. The summed E-state index contributed by atoms with van der Waals surface area (Å²) in [6, 6.07) is 12.5. The second-order valence-corrected chi connectivity index (χ2v) is 10.4. The van der Waals surface area contributed by atoms with Crippen molar-refractivity contribution in [1.29, 1.82) is 0 Å². The highest BCUT2D eigenvalue weighted by molar-refractivity contribution is 7.89. The Labute approximate surface area is 189 Å². The first-order valence-corrected chi connectivity index (χ1v) is 12.2. The van der Waals surface area contributed by atoms with Crippen molar-refractivity contribution in [3.63, 3.8) is 0 Å². The molecule has 1 aromatic heterocycles. The average molecular weight is 480 g/mol. The zero-order valence-electron chi connectivity index (χ0n) is 16.6. The summed E-state index contributed by atoms with van der Waals surface area (Å²) in [7, 11) is -3.95. The molecule has 0 bridgehead atoms. The van der Waals surface area contributed by atoms with Crippen molar-refractivity contribution in [1.82, 2.24) is 14.2 Å². The summed E-state index contributed by atoms with van der Waals surface area (Å²) in [6.07, 6.45) is 0. The zero-order chi connectivity index (χ0) is 22.2. The third-order valence-electron chi connectivity index (χ3n) is 5.06. The Bertz CT molecular complexity index is 1220. The van der Waals surface area contributed by atoms with E-state index in [-0.39, 0.29) is 37.0 Å². The van der Waals surface area contributed by atoms with Crippen LogP contribution in [0.2, 0.25) is 5.02 Å². The van der Waals surface area contributed by atoms with Crippen LogP contribution >= 0.6 is 22.9 Å². The van der Waals surface area contributed by atoms with Gasteiger partial charge >= 0.3 is 0 Å². The summed E-state index contributed by atoms with van der Waals surface area (Å²) in [5, 5.41) is 1.34. The minimum absolute atomic E-state index is 0.101. The molecule has 0 N–H and O–H groups in total. The van der Waals surface area contributed by atoms with E-state index in [1.54, 1.807) is 24.0 Å². The quantitative estimate of drug-likeness (QED) is 0.566. The minimum atomic E-state index is -3.95. The summed E-state index contributed by atoms with van der Waals surface area (Å²) < 4.78 is 40.7. The molecule has 1 saturated heterocycles. The van der Waals surface area contributed by atoms with E-state index in [0.29, 0.717) is 15.6 Å². The van der Waals surface area contributed by atoms with Crippen molar-refractivity contribution in [3.05, 3.63) is 69.9 Å². The average Bonchev–Trinajstić information content (AvgIpc) is 3.15. The second-order valence-electron chi connectivity index (χ2n) is 7.07. The molecule has 0 atom stereocenters. The molecule has 0 aliphatic carbocycles. The van der Waals surface area contributed by atoms with Gasteiger partial charge in [-0.1, -0.05) is 35.9 Å². The molecular formula is C21H19ClFN3O3S2. The van der Waals surface area contributed by atoms with Gasteiger partial charge in [-0.15, -0.1) is 11.3 Å². The molecule has 0 radical (unpaired) electrons. The van der Waals surface area contributed by atoms with Crippen LogP contribution < -0.4 is 0 Å². The van der Waals surface area contributed by atoms with Crippen LogP contribution in [0.15, 0.2) is 53.4 Å². The van der Waals surface area contributed by atoms with Gasteiger partial charge in [0.2, 0.25) is 10.0 Å². The van der Waals surface area contributed by atoms with Gasteiger partial charge in [-0.2, -0.15) is 4.31 Å². The Kier molecular flexibility index (Phi) is 6.11. The van der Waals surface area contributed by atoms with E-state index in [0.717, 1.165) is 16.6 Å². The molecule has 2 heterocycles. The standard InChI is InChI=1S/C21H19ClFN3O3S2/c1-14-19(30-20(24-14)15-6-8-16(22)9-7-15)21(27)25-10-12-26(13-11-25)31(28,29)18-5-3-2-4-17(18)23/h2-9H,10-13H2,1H3. The lowest BCUT2D eigenvalue weighted by Crippen LogP contribution is -2.50. The highest BCUT2D eigenvalue weighted by Crippen LogP contribution is 2.30. The predicted molar refractivity (Wildman–Crippen MR) is 118 cm³/mol. The topological polar surface area (TPSA) is 70.6 Å². The molecule has 1 amide bonds. The van der Waals surface area contributed by atoms with Gasteiger partial charge in [0, 0.05) is 36.8 Å². The summed E-state index contributed by atoms with van der Waals surface area (Å²) in [4.78, 5) is 19.3. The largest absolute Gasteiger partial charge is 0.335 e.